The lowest BCUT2D eigenvalue weighted by Gasteiger charge is -2.14. The first-order chi connectivity index (χ1) is 18.5. The van der Waals surface area contributed by atoms with E-state index in [2.05, 4.69) is 21.1 Å². The summed E-state index contributed by atoms with van der Waals surface area (Å²) < 4.78 is 67.2. The molecular weight excluding hydrogens is 542 g/mol. The minimum atomic E-state index is -4.61. The number of anilines is 3. The molecule has 0 aliphatic rings. The Kier molecular flexibility index (Phi) is 6.66. The Balaban J connectivity index is 1.65. The van der Waals surface area contributed by atoms with Gasteiger partial charge in [0.2, 0.25) is 0 Å². The van der Waals surface area contributed by atoms with Crippen molar-refractivity contribution in [3.05, 3.63) is 91.0 Å². The van der Waals surface area contributed by atoms with E-state index >= 15 is 0 Å². The average molecular weight is 564 g/mol. The number of hydrogen-bond donors (Lipinski definition) is 5. The molecule has 13 heteroatoms. The third-order valence-corrected chi connectivity index (χ3v) is 7.68. The lowest BCUT2D eigenvalue weighted by atomic mass is 10.1. The molecule has 0 amide bonds. The number of nitrogens with one attached hydrogen (secondary N) is 2. The van der Waals surface area contributed by atoms with E-state index < -0.39 is 20.2 Å². The molecule has 6 N–H and O–H groups in total. The average Bonchev–Trinajstić information content (AvgIpc) is 2.91. The lowest BCUT2D eigenvalue weighted by Crippen LogP contribution is -2.08. The van der Waals surface area contributed by atoms with Gasteiger partial charge in [0.15, 0.2) is 0 Å². The minimum absolute atomic E-state index is 0.0806. The number of nitrogens with two attached hydrogens (primary N) is 1. The van der Waals surface area contributed by atoms with Gasteiger partial charge in [-0.2, -0.15) is 16.8 Å². The van der Waals surface area contributed by atoms with Gasteiger partial charge in [0.25, 0.3) is 20.2 Å². The summed E-state index contributed by atoms with van der Waals surface area (Å²) in [6.45, 7) is 0. The van der Waals surface area contributed by atoms with Crippen molar-refractivity contribution in [2.45, 2.75) is 9.79 Å². The predicted octanol–water partition coefficient (Wildman–Crippen LogP) is 5.92. The summed E-state index contributed by atoms with van der Waals surface area (Å²) in [6.07, 6.45) is 0. The van der Waals surface area contributed by atoms with Gasteiger partial charge >= 0.3 is 0 Å². The van der Waals surface area contributed by atoms with Crippen LogP contribution >= 0.6 is 0 Å². The van der Waals surface area contributed by atoms with E-state index in [-0.39, 0.29) is 32.2 Å². The maximum absolute atomic E-state index is 12.0. The van der Waals surface area contributed by atoms with Crippen molar-refractivity contribution >= 4 is 70.2 Å². The number of hydrogen-bond acceptors (Lipinski definition) is 9. The monoisotopic (exact) mass is 563 g/mol. The highest BCUT2D eigenvalue weighted by atomic mass is 32.2. The molecule has 0 radical (unpaired) electrons. The zero-order valence-corrected chi connectivity index (χ0v) is 21.6. The Labute approximate surface area is 223 Å². The first-order valence-corrected chi connectivity index (χ1v) is 14.2. The van der Waals surface area contributed by atoms with Gasteiger partial charge in [-0.15, -0.1) is 10.2 Å². The van der Waals surface area contributed by atoms with Crippen LogP contribution < -0.4 is 16.6 Å². The summed E-state index contributed by atoms with van der Waals surface area (Å²) in [5.74, 6) is 0. The van der Waals surface area contributed by atoms with Crippen LogP contribution in [-0.2, 0) is 20.2 Å². The van der Waals surface area contributed by atoms with Crippen molar-refractivity contribution in [1.29, 1.82) is 0 Å². The molecule has 0 heterocycles. The van der Waals surface area contributed by atoms with Crippen molar-refractivity contribution < 1.29 is 25.9 Å². The van der Waals surface area contributed by atoms with Crippen molar-refractivity contribution in [3.8, 4) is 0 Å². The highest BCUT2D eigenvalue weighted by Crippen LogP contribution is 2.38. The number of fused-ring (bicyclic) bond motifs is 2. The molecular formula is C26H21N5O6S2. The summed E-state index contributed by atoms with van der Waals surface area (Å²) in [4.78, 5) is -0.725. The first-order valence-electron chi connectivity index (χ1n) is 11.3. The maximum atomic E-state index is 12.0. The van der Waals surface area contributed by atoms with Crippen molar-refractivity contribution in [1.82, 2.24) is 0 Å². The molecule has 0 spiro atoms. The Morgan fingerprint density at radius 3 is 2.08 bits per heavy atom. The van der Waals surface area contributed by atoms with Crippen LogP contribution in [0.3, 0.4) is 0 Å². The van der Waals surface area contributed by atoms with E-state index in [1.807, 2.05) is 30.3 Å². The molecule has 0 aromatic heterocycles. The first kappa shape index (κ1) is 26.1. The quantitative estimate of drug-likeness (QED) is 0.0693. The molecule has 5 rings (SSSR count). The molecule has 39 heavy (non-hydrogen) atoms. The molecule has 0 saturated carbocycles. The second-order valence-corrected chi connectivity index (χ2v) is 11.3. The van der Waals surface area contributed by atoms with Gasteiger partial charge < -0.3 is 16.6 Å². The van der Waals surface area contributed by atoms with Gasteiger partial charge in [-0.3, -0.25) is 9.11 Å². The minimum Gasteiger partial charge on any atom is -0.398 e. The van der Waals surface area contributed by atoms with Gasteiger partial charge in [0, 0.05) is 27.2 Å². The van der Waals surface area contributed by atoms with Crippen LogP contribution in [0.15, 0.2) is 111 Å². The van der Waals surface area contributed by atoms with Crippen LogP contribution in [0.5, 0.6) is 0 Å². The number of nitrogens with zero attached hydrogens (tertiary/aromatic N) is 2. The zero-order chi connectivity index (χ0) is 27.8. The molecule has 5 aromatic carbocycles. The van der Waals surface area contributed by atoms with E-state index in [1.54, 1.807) is 18.2 Å². The fourth-order valence-electron chi connectivity index (χ4n) is 4.11. The molecule has 198 valence electrons. The van der Waals surface area contributed by atoms with E-state index in [0.29, 0.717) is 21.8 Å². The van der Waals surface area contributed by atoms with Crippen LogP contribution in [0.2, 0.25) is 0 Å². The predicted molar refractivity (Wildman–Crippen MR) is 150 cm³/mol. The number of hydrazine groups is 1. The second-order valence-electron chi connectivity index (χ2n) is 8.46. The summed E-state index contributed by atoms with van der Waals surface area (Å²) in [7, 11) is -9.13. The van der Waals surface area contributed by atoms with E-state index in [9.17, 15) is 25.9 Å². The molecule has 0 aliphatic heterocycles. The SMILES string of the molecule is Nc1ccc(N=Nc2ccc(NNc3ccccc3)c3ccc(S(=O)(=O)O)cc23)c2c(S(=O)(=O)O)cccc12. The number of rotatable bonds is 7. The third-order valence-electron chi connectivity index (χ3n) is 5.94. The molecule has 0 unspecified atom stereocenters. The van der Waals surface area contributed by atoms with Gasteiger partial charge in [-0.05, 0) is 54.6 Å². The lowest BCUT2D eigenvalue weighted by molar-refractivity contribution is 0.481. The van der Waals surface area contributed by atoms with Crippen molar-refractivity contribution in [3.63, 3.8) is 0 Å². The Morgan fingerprint density at radius 2 is 1.36 bits per heavy atom. The summed E-state index contributed by atoms with van der Waals surface area (Å²) in [6, 6.07) is 23.9. The van der Waals surface area contributed by atoms with Crippen molar-refractivity contribution in [2.24, 2.45) is 10.2 Å². The largest absolute Gasteiger partial charge is 0.398 e. The van der Waals surface area contributed by atoms with Gasteiger partial charge in [0.1, 0.15) is 4.90 Å². The number of benzene rings is 5. The Hall–Kier alpha value is -4.56. The molecule has 5 aromatic rings. The fraction of sp³-hybridized carbons (Fsp3) is 0. The number of azo groups is 1. The summed E-state index contributed by atoms with van der Waals surface area (Å²) in [5.41, 5.74) is 14.1. The van der Waals surface area contributed by atoms with E-state index in [4.69, 9.17) is 5.73 Å². The van der Waals surface area contributed by atoms with Gasteiger partial charge in [-0.25, -0.2) is 0 Å². The third kappa shape index (κ3) is 5.37. The fourth-order valence-corrected chi connectivity index (χ4v) is 5.34. The highest BCUT2D eigenvalue weighted by Gasteiger charge is 2.18. The second kappa shape index (κ2) is 9.96. The van der Waals surface area contributed by atoms with E-state index in [1.165, 1.54) is 42.5 Å². The van der Waals surface area contributed by atoms with Gasteiger partial charge in [0.05, 0.1) is 27.6 Å². The van der Waals surface area contributed by atoms with Crippen molar-refractivity contribution in [2.75, 3.05) is 16.6 Å². The Morgan fingerprint density at radius 1 is 0.641 bits per heavy atom. The molecule has 0 atom stereocenters. The molecule has 0 saturated heterocycles. The summed E-state index contributed by atoms with van der Waals surface area (Å²) in [5, 5.41) is 9.83. The number of nitrogen functional groups attached to an aromatic ring is 1. The smallest absolute Gasteiger partial charge is 0.295 e. The van der Waals surface area contributed by atoms with Crippen LogP contribution in [-0.4, -0.2) is 25.9 Å². The molecule has 0 fully saturated rings. The maximum Gasteiger partial charge on any atom is 0.295 e. The standard InChI is InChI=1S/C26H21N5O6S2/c27-21-11-12-24(26-19(21)7-4-8-25(26)39(35,36)37)31-30-23-14-13-22(29-28-16-5-2-1-3-6-16)18-10-9-17(15-20(18)23)38(32,33)34/h1-15,28-29H,27H2,(H,32,33,34)(H,35,36,37). The highest BCUT2D eigenvalue weighted by molar-refractivity contribution is 7.86. The van der Waals surface area contributed by atoms with Crippen LogP contribution in [0.4, 0.5) is 28.4 Å². The van der Waals surface area contributed by atoms with Gasteiger partial charge in [-0.1, -0.05) is 36.4 Å². The molecule has 0 bridgehead atoms. The van der Waals surface area contributed by atoms with Crippen LogP contribution in [0, 0.1) is 0 Å². The number of para-hydroxylation sites is 1. The summed E-state index contributed by atoms with van der Waals surface area (Å²) >= 11 is 0. The molecule has 0 aliphatic carbocycles. The zero-order valence-electron chi connectivity index (χ0n) is 20.0. The topological polar surface area (TPSA) is 184 Å². The van der Waals surface area contributed by atoms with E-state index in [0.717, 1.165) is 5.69 Å². The Bertz CT molecular complexity index is 1980. The van der Waals surface area contributed by atoms with Crippen LogP contribution in [0.1, 0.15) is 0 Å². The van der Waals surface area contributed by atoms with Crippen LogP contribution in [0.25, 0.3) is 21.5 Å². The molecule has 11 nitrogen and oxygen atoms in total. The normalized spacial score (nSPS) is 12.3.